The largest absolute Gasteiger partial charge is 0.287 e. The molecule has 0 atom stereocenters. The van der Waals surface area contributed by atoms with Gasteiger partial charge in [-0.15, -0.1) is 5.10 Å². The minimum absolute atomic E-state index is 0.0955. The van der Waals surface area contributed by atoms with E-state index < -0.39 is 0 Å². The zero-order valence-corrected chi connectivity index (χ0v) is 14.3. The number of allylic oxidation sites excluding steroid dienone is 1. The minimum Gasteiger partial charge on any atom is -0.287 e. The summed E-state index contributed by atoms with van der Waals surface area (Å²) >= 11 is 0. The van der Waals surface area contributed by atoms with Crippen LogP contribution in [0.4, 0.5) is 0 Å². The van der Waals surface area contributed by atoms with E-state index in [1.54, 1.807) is 4.68 Å². The molecule has 0 amide bonds. The Morgan fingerprint density at radius 2 is 1.58 bits per heavy atom. The van der Waals surface area contributed by atoms with Crippen LogP contribution >= 0.6 is 0 Å². The second-order valence-corrected chi connectivity index (χ2v) is 6.13. The predicted molar refractivity (Wildman–Crippen MR) is 104 cm³/mol. The van der Waals surface area contributed by atoms with Crippen molar-refractivity contribution in [3.05, 3.63) is 95.6 Å². The molecule has 0 aliphatic carbocycles. The third-order valence-electron chi connectivity index (χ3n) is 4.23. The van der Waals surface area contributed by atoms with Gasteiger partial charge in [-0.3, -0.25) is 4.79 Å². The summed E-state index contributed by atoms with van der Waals surface area (Å²) in [5.74, 6) is -0.0955. The normalized spacial score (nSPS) is 11.7. The maximum Gasteiger partial charge on any atom is 0.211 e. The summed E-state index contributed by atoms with van der Waals surface area (Å²) in [4.78, 5) is 13.2. The first-order valence-electron chi connectivity index (χ1n) is 8.41. The number of fused-ring (bicyclic) bond motifs is 1. The number of hydrogen-bond donors (Lipinski definition) is 0. The fourth-order valence-corrected chi connectivity index (χ4v) is 2.83. The molecule has 26 heavy (non-hydrogen) atoms. The zero-order chi connectivity index (χ0) is 17.9. The molecule has 0 aliphatic heterocycles. The van der Waals surface area contributed by atoms with Crippen LogP contribution < -0.4 is 0 Å². The van der Waals surface area contributed by atoms with E-state index in [0.717, 1.165) is 16.6 Å². The van der Waals surface area contributed by atoms with Crippen LogP contribution in [0, 0.1) is 6.92 Å². The van der Waals surface area contributed by atoms with Gasteiger partial charge in [-0.1, -0.05) is 77.5 Å². The topological polar surface area (TPSA) is 47.8 Å². The van der Waals surface area contributed by atoms with Crippen LogP contribution in [0.3, 0.4) is 0 Å². The molecule has 4 heteroatoms. The highest BCUT2D eigenvalue weighted by atomic mass is 16.1. The minimum atomic E-state index is -0.0955. The van der Waals surface area contributed by atoms with Gasteiger partial charge in [0.2, 0.25) is 5.78 Å². The number of para-hydroxylation sites is 1. The van der Waals surface area contributed by atoms with Gasteiger partial charge in [-0.05, 0) is 30.7 Å². The maximum atomic E-state index is 13.2. The molecule has 0 saturated heterocycles. The van der Waals surface area contributed by atoms with Crippen molar-refractivity contribution >= 4 is 28.6 Å². The van der Waals surface area contributed by atoms with Crippen LogP contribution in [0.1, 0.15) is 21.5 Å². The lowest BCUT2D eigenvalue weighted by Crippen LogP contribution is -2.11. The lowest BCUT2D eigenvalue weighted by molar-refractivity contribution is 0.105. The molecule has 0 bridgehead atoms. The van der Waals surface area contributed by atoms with Gasteiger partial charge in [-0.2, -0.15) is 0 Å². The van der Waals surface area contributed by atoms with Crippen molar-refractivity contribution in [2.24, 2.45) is 0 Å². The van der Waals surface area contributed by atoms with Crippen molar-refractivity contribution < 1.29 is 4.79 Å². The molecular weight excluding hydrogens is 322 g/mol. The average molecular weight is 339 g/mol. The Hall–Kier alpha value is -3.53. The molecule has 0 aliphatic rings. The lowest BCUT2D eigenvalue weighted by Gasteiger charge is -2.08. The van der Waals surface area contributed by atoms with Crippen LogP contribution in [0.25, 0.3) is 22.8 Å². The van der Waals surface area contributed by atoms with Crippen molar-refractivity contribution in [2.75, 3.05) is 0 Å². The van der Waals surface area contributed by atoms with E-state index in [9.17, 15) is 4.79 Å². The number of Topliss-reactive ketones (excluding diaryl/α,β-unsaturated/α-hetero) is 1. The number of aryl methyl sites for hydroxylation is 1. The molecule has 0 spiro atoms. The first-order chi connectivity index (χ1) is 12.7. The van der Waals surface area contributed by atoms with Gasteiger partial charge in [0.1, 0.15) is 11.2 Å². The monoisotopic (exact) mass is 339 g/mol. The van der Waals surface area contributed by atoms with Crippen molar-refractivity contribution in [2.45, 2.75) is 6.92 Å². The van der Waals surface area contributed by atoms with E-state index in [2.05, 4.69) is 10.3 Å². The van der Waals surface area contributed by atoms with Crippen molar-refractivity contribution in [3.8, 4) is 0 Å². The summed E-state index contributed by atoms with van der Waals surface area (Å²) in [5.41, 5.74) is 4.75. The van der Waals surface area contributed by atoms with Crippen LogP contribution in [-0.4, -0.2) is 20.8 Å². The molecule has 3 aromatic carbocycles. The van der Waals surface area contributed by atoms with Crippen molar-refractivity contribution in [1.82, 2.24) is 15.0 Å². The Labute approximate surface area is 151 Å². The van der Waals surface area contributed by atoms with E-state index >= 15 is 0 Å². The molecule has 0 fully saturated rings. The van der Waals surface area contributed by atoms with Crippen LogP contribution in [-0.2, 0) is 0 Å². The van der Waals surface area contributed by atoms with Gasteiger partial charge < -0.3 is 0 Å². The van der Waals surface area contributed by atoms with Crippen molar-refractivity contribution in [3.63, 3.8) is 0 Å². The van der Waals surface area contributed by atoms with E-state index in [1.807, 2.05) is 91.9 Å². The van der Waals surface area contributed by atoms with Gasteiger partial charge >= 0.3 is 0 Å². The molecule has 4 nitrogen and oxygen atoms in total. The third kappa shape index (κ3) is 3.05. The first-order valence-corrected chi connectivity index (χ1v) is 8.41. The Morgan fingerprint density at radius 1 is 0.885 bits per heavy atom. The van der Waals surface area contributed by atoms with E-state index in [4.69, 9.17) is 0 Å². The fraction of sp³-hybridized carbons (Fsp3) is 0.0455. The smallest absolute Gasteiger partial charge is 0.211 e. The maximum absolute atomic E-state index is 13.2. The number of ketones is 1. The summed E-state index contributed by atoms with van der Waals surface area (Å²) in [6.45, 7) is 2.04. The molecule has 4 rings (SSSR count). The van der Waals surface area contributed by atoms with Gasteiger partial charge in [0.05, 0.1) is 5.52 Å². The quantitative estimate of drug-likeness (QED) is 0.402. The predicted octanol–water partition coefficient (Wildman–Crippen LogP) is 4.62. The summed E-state index contributed by atoms with van der Waals surface area (Å²) in [7, 11) is 0. The summed E-state index contributed by atoms with van der Waals surface area (Å²) < 4.78 is 1.62. The van der Waals surface area contributed by atoms with E-state index in [1.165, 1.54) is 5.56 Å². The number of carbonyl (C=O) groups excluding carboxylic acids is 1. The molecule has 126 valence electrons. The number of benzene rings is 3. The number of nitrogens with zero attached hydrogens (tertiary/aromatic N) is 3. The highest BCUT2D eigenvalue weighted by Crippen LogP contribution is 2.21. The fourth-order valence-electron chi connectivity index (χ4n) is 2.83. The summed E-state index contributed by atoms with van der Waals surface area (Å²) in [5, 5.41) is 8.42. The number of hydrogen-bond acceptors (Lipinski definition) is 3. The number of aromatic nitrogens is 3. The highest BCUT2D eigenvalue weighted by molar-refractivity contribution is 6.28. The molecule has 0 unspecified atom stereocenters. The second kappa shape index (κ2) is 6.76. The average Bonchev–Trinajstić information content (AvgIpc) is 3.12. The van der Waals surface area contributed by atoms with Gasteiger partial charge in [-0.25, -0.2) is 4.68 Å². The lowest BCUT2D eigenvalue weighted by atomic mass is 10.1. The Kier molecular flexibility index (Phi) is 4.15. The molecule has 0 saturated carbocycles. The van der Waals surface area contributed by atoms with Crippen LogP contribution in [0.5, 0.6) is 0 Å². The molecule has 4 aromatic rings. The van der Waals surface area contributed by atoms with Gasteiger partial charge in [0.25, 0.3) is 0 Å². The second-order valence-electron chi connectivity index (χ2n) is 6.13. The molecular formula is C22H17N3O. The van der Waals surface area contributed by atoms with E-state index in [-0.39, 0.29) is 5.78 Å². The standard InChI is InChI=1S/C22H17N3O/c1-16-11-13-17(14-12-16)15-21(22(26)18-7-3-2-4-8-18)25-20-10-6-5-9-19(20)23-24-25/h2-15H,1H3/b21-15-. The number of carbonyl (C=O) groups is 1. The number of rotatable bonds is 4. The summed E-state index contributed by atoms with van der Waals surface area (Å²) in [6, 6.07) is 24.9. The van der Waals surface area contributed by atoms with Crippen molar-refractivity contribution in [1.29, 1.82) is 0 Å². The van der Waals surface area contributed by atoms with Gasteiger partial charge in [0.15, 0.2) is 0 Å². The highest BCUT2D eigenvalue weighted by Gasteiger charge is 2.18. The molecule has 0 N–H and O–H groups in total. The molecule has 1 aromatic heterocycles. The van der Waals surface area contributed by atoms with E-state index in [0.29, 0.717) is 11.3 Å². The third-order valence-corrected chi connectivity index (χ3v) is 4.23. The molecule has 0 radical (unpaired) electrons. The van der Waals surface area contributed by atoms with Crippen LogP contribution in [0.15, 0.2) is 78.9 Å². The Bertz CT molecular complexity index is 1090. The zero-order valence-electron chi connectivity index (χ0n) is 14.3. The SMILES string of the molecule is Cc1ccc(/C=C(/C(=O)c2ccccc2)n2nnc3ccccc32)cc1. The first kappa shape index (κ1) is 16.0. The summed E-state index contributed by atoms with van der Waals surface area (Å²) in [6.07, 6.45) is 1.86. The van der Waals surface area contributed by atoms with Crippen LogP contribution in [0.2, 0.25) is 0 Å². The Balaban J connectivity index is 1.89. The molecule has 1 heterocycles. The van der Waals surface area contributed by atoms with Gasteiger partial charge in [0, 0.05) is 5.56 Å². The Morgan fingerprint density at radius 3 is 2.35 bits per heavy atom.